The molecule has 0 aromatic heterocycles. The van der Waals surface area contributed by atoms with Crippen LogP contribution in [0, 0.1) is 0 Å². The number of nitrogens with one attached hydrogen (secondary N) is 2. The number of hydrogen-bond acceptors (Lipinski definition) is 23. The summed E-state index contributed by atoms with van der Waals surface area (Å²) in [6.45, 7) is 1.57. The van der Waals surface area contributed by atoms with E-state index in [-0.39, 0.29) is 12.3 Å². The first-order valence-electron chi connectivity index (χ1n) is 31.9. The highest BCUT2D eigenvalue weighted by molar-refractivity contribution is 5.76. The van der Waals surface area contributed by atoms with E-state index in [1.807, 2.05) is 6.08 Å². The van der Waals surface area contributed by atoms with E-state index in [2.05, 4.69) is 24.5 Å². The summed E-state index contributed by atoms with van der Waals surface area (Å²) in [7, 11) is 0. The summed E-state index contributed by atoms with van der Waals surface area (Å²) in [4.78, 5) is 25.9. The summed E-state index contributed by atoms with van der Waals surface area (Å²) < 4.78 is 46.6. The fourth-order valence-corrected chi connectivity index (χ4v) is 11.4. The first-order valence-corrected chi connectivity index (χ1v) is 31.9. The third kappa shape index (κ3) is 24.9. The van der Waals surface area contributed by atoms with Gasteiger partial charge in [0.1, 0.15) is 97.6 Å². The third-order valence-corrected chi connectivity index (χ3v) is 16.6. The molecular formula is C60H110N2O23. The molecule has 15 N–H and O–H groups in total. The quantitative estimate of drug-likeness (QED) is 0.0299. The Kier molecular flexibility index (Phi) is 37.2. The normalized spacial score (nSPS) is 34.4. The third-order valence-electron chi connectivity index (χ3n) is 16.6. The van der Waals surface area contributed by atoms with Crippen molar-refractivity contribution in [2.24, 2.45) is 0 Å². The number of rotatable bonds is 43. The van der Waals surface area contributed by atoms with Gasteiger partial charge < -0.3 is 115 Å². The molecule has 4 rings (SSSR count). The van der Waals surface area contributed by atoms with Crippen molar-refractivity contribution in [1.29, 1.82) is 0 Å². The first kappa shape index (κ1) is 75.3. The summed E-state index contributed by atoms with van der Waals surface area (Å²) in [5.74, 6) is -1.07. The summed E-state index contributed by atoms with van der Waals surface area (Å²) >= 11 is 0. The van der Waals surface area contributed by atoms with E-state index in [1.54, 1.807) is 6.08 Å². The van der Waals surface area contributed by atoms with Crippen LogP contribution in [0.3, 0.4) is 0 Å². The minimum atomic E-state index is -2.08. The van der Waals surface area contributed by atoms with Crippen molar-refractivity contribution in [1.82, 2.24) is 10.6 Å². The van der Waals surface area contributed by atoms with Crippen LogP contribution in [0.1, 0.15) is 188 Å². The predicted octanol–water partition coefficient (Wildman–Crippen LogP) is 1.00. The fraction of sp³-hybridized carbons (Fsp3) is 0.933. The SMILES string of the molecule is CCCCCCCCCCCCC/C=C/[C@@H](O)[C@H](CO[C@@H]1OC(CO)[C@@H](O[C@@H]2OC(CO)[C@H](O)[C@H](O[C@@H]3OC(CO)[C@H](O[C@@H]4OC(CO)[C@H](O)[C@H](O)C4O)[C@H](O)C3NC(C)=O)C2O)[C@H](O)C1O)NC(=O)CCCCCCCCCCCCCCC. The number of aliphatic hydroxyl groups excluding tert-OH is 13. The number of amides is 2. The van der Waals surface area contributed by atoms with Gasteiger partial charge in [-0.15, -0.1) is 0 Å². The van der Waals surface area contributed by atoms with Crippen LogP contribution in [0.4, 0.5) is 0 Å². The van der Waals surface area contributed by atoms with E-state index >= 15 is 0 Å². The number of aliphatic hydroxyl groups is 13. The molecule has 25 nitrogen and oxygen atoms in total. The molecular weight excluding hydrogens is 1120 g/mol. The number of hydrogen-bond donors (Lipinski definition) is 15. The summed E-state index contributed by atoms with van der Waals surface area (Å²) in [5.41, 5.74) is 0. The first-order chi connectivity index (χ1) is 41.0. The fourth-order valence-electron chi connectivity index (χ4n) is 11.4. The van der Waals surface area contributed by atoms with Gasteiger partial charge in [-0.2, -0.15) is 0 Å². The van der Waals surface area contributed by atoms with Gasteiger partial charge in [0.2, 0.25) is 11.8 Å². The predicted molar refractivity (Wildman–Crippen MR) is 308 cm³/mol. The standard InChI is InChI=1S/C60H110N2O23/c1-4-6-8-10-12-14-16-18-20-22-24-26-28-30-39(68)38(62-44(69)31-29-27-25-23-21-19-17-15-13-11-9-7-5-2)36-78-58-52(76)50(74)55(43(35-66)82-58)84-60-53(77)56(47(71)41(33-64)80-60)85-57-45(61-37(3)67)48(72)54(42(34-65)81-57)83-59-51(75)49(73)46(70)40(32-63)79-59/h28,30,38-43,45-60,63-66,68,70-77H,4-27,29,31-36H2,1-3H3,(H,61,67)(H,62,69)/b30-28+/t38-,39+,40?,41?,42?,43?,45?,46-,47-,48+,49-,50+,51?,52?,53?,54-,55+,56-,57-,58+,59-,60-/m0/s1. The molecule has 0 bridgehead atoms. The molecule has 0 aromatic carbocycles. The van der Waals surface area contributed by atoms with Gasteiger partial charge in [-0.1, -0.05) is 167 Å². The van der Waals surface area contributed by atoms with E-state index in [9.17, 15) is 76.0 Å². The molecule has 0 aliphatic carbocycles. The zero-order valence-corrected chi connectivity index (χ0v) is 50.7. The van der Waals surface area contributed by atoms with Crippen molar-refractivity contribution in [2.75, 3.05) is 33.0 Å². The van der Waals surface area contributed by atoms with E-state index in [0.29, 0.717) is 12.8 Å². The molecule has 4 aliphatic rings. The maximum absolute atomic E-state index is 13.4. The van der Waals surface area contributed by atoms with E-state index in [1.165, 1.54) is 103 Å². The van der Waals surface area contributed by atoms with Gasteiger partial charge in [0.15, 0.2) is 25.2 Å². The van der Waals surface area contributed by atoms with Gasteiger partial charge in [-0.3, -0.25) is 9.59 Å². The van der Waals surface area contributed by atoms with Crippen LogP contribution >= 0.6 is 0 Å². The second-order valence-corrected chi connectivity index (χ2v) is 23.6. The molecule has 4 heterocycles. The highest BCUT2D eigenvalue weighted by Gasteiger charge is 2.56. The van der Waals surface area contributed by atoms with Crippen LogP contribution in [0.5, 0.6) is 0 Å². The molecule has 25 heteroatoms. The molecule has 4 aliphatic heterocycles. The lowest BCUT2D eigenvalue weighted by Crippen LogP contribution is -2.69. The average molecular weight is 1230 g/mol. The smallest absolute Gasteiger partial charge is 0.220 e. The zero-order valence-electron chi connectivity index (χ0n) is 50.7. The second-order valence-electron chi connectivity index (χ2n) is 23.6. The number of carbonyl (C=O) groups is 2. The average Bonchev–Trinajstić information content (AvgIpc) is 1.89. The Balaban J connectivity index is 1.39. The summed E-state index contributed by atoms with van der Waals surface area (Å²) in [5, 5.41) is 147. The Morgan fingerprint density at radius 2 is 0.871 bits per heavy atom. The van der Waals surface area contributed by atoms with Gasteiger partial charge in [-0.05, 0) is 19.3 Å². The van der Waals surface area contributed by atoms with Crippen molar-refractivity contribution in [3.05, 3.63) is 12.2 Å². The molecule has 0 aromatic rings. The Morgan fingerprint density at radius 3 is 1.36 bits per heavy atom. The van der Waals surface area contributed by atoms with Gasteiger partial charge >= 0.3 is 0 Å². The highest BCUT2D eigenvalue weighted by Crippen LogP contribution is 2.35. The minimum absolute atomic E-state index is 0.212. The van der Waals surface area contributed by atoms with Gasteiger partial charge in [0.25, 0.3) is 0 Å². The Morgan fingerprint density at radius 1 is 0.459 bits per heavy atom. The lowest BCUT2D eigenvalue weighted by Gasteiger charge is -2.50. The topological polar surface area (TPSA) is 395 Å². The summed E-state index contributed by atoms with van der Waals surface area (Å²) in [6.07, 6.45) is -2.79. The number of ether oxygens (including phenoxy) is 8. The molecule has 0 spiro atoms. The van der Waals surface area contributed by atoms with Crippen LogP contribution in [0.15, 0.2) is 12.2 Å². The summed E-state index contributed by atoms with van der Waals surface area (Å²) in [6, 6.07) is -2.67. The molecule has 4 fully saturated rings. The highest BCUT2D eigenvalue weighted by atomic mass is 16.8. The second kappa shape index (κ2) is 42.0. The Bertz CT molecular complexity index is 1790. The molecule has 85 heavy (non-hydrogen) atoms. The van der Waals surface area contributed by atoms with Crippen molar-refractivity contribution < 1.29 is 114 Å². The molecule has 4 saturated heterocycles. The van der Waals surface area contributed by atoms with Crippen LogP contribution in [-0.2, 0) is 47.5 Å². The van der Waals surface area contributed by atoms with E-state index in [4.69, 9.17) is 37.9 Å². The van der Waals surface area contributed by atoms with E-state index in [0.717, 1.165) is 51.9 Å². The minimum Gasteiger partial charge on any atom is -0.394 e. The Labute approximate surface area is 502 Å². The van der Waals surface area contributed by atoms with E-state index < -0.39 is 174 Å². The molecule has 22 atom stereocenters. The Hall–Kier alpha value is -2.16. The molecule has 2 amide bonds. The number of carbonyl (C=O) groups excluding carboxylic acids is 2. The molecule has 0 radical (unpaired) electrons. The molecule has 0 saturated carbocycles. The van der Waals surface area contributed by atoms with Crippen LogP contribution in [0.25, 0.3) is 0 Å². The lowest BCUT2D eigenvalue weighted by molar-refractivity contribution is -0.381. The van der Waals surface area contributed by atoms with Gasteiger partial charge in [-0.25, -0.2) is 0 Å². The molecule has 8 unspecified atom stereocenters. The van der Waals surface area contributed by atoms with Crippen LogP contribution in [0.2, 0.25) is 0 Å². The monoisotopic (exact) mass is 1230 g/mol. The maximum atomic E-state index is 13.4. The van der Waals surface area contributed by atoms with Crippen LogP contribution in [-0.4, -0.2) is 246 Å². The van der Waals surface area contributed by atoms with Crippen molar-refractivity contribution in [2.45, 2.75) is 323 Å². The van der Waals surface area contributed by atoms with Crippen molar-refractivity contribution in [3.63, 3.8) is 0 Å². The maximum Gasteiger partial charge on any atom is 0.220 e. The van der Waals surface area contributed by atoms with Gasteiger partial charge in [0.05, 0.1) is 45.2 Å². The number of allylic oxidation sites excluding steroid dienone is 1. The van der Waals surface area contributed by atoms with Crippen molar-refractivity contribution >= 4 is 11.8 Å². The van der Waals surface area contributed by atoms with Gasteiger partial charge in [0, 0.05) is 13.3 Å². The number of unbranched alkanes of at least 4 members (excludes halogenated alkanes) is 23. The lowest BCUT2D eigenvalue weighted by atomic mass is 9.94. The largest absolute Gasteiger partial charge is 0.394 e. The van der Waals surface area contributed by atoms with Crippen molar-refractivity contribution in [3.8, 4) is 0 Å². The van der Waals surface area contributed by atoms with Crippen LogP contribution < -0.4 is 10.6 Å². The molecule has 498 valence electrons. The zero-order chi connectivity index (χ0) is 62.3.